The van der Waals surface area contributed by atoms with Crippen molar-refractivity contribution in [1.29, 1.82) is 0 Å². The predicted octanol–water partition coefficient (Wildman–Crippen LogP) is 5.65. The standard InChI is InChI=1S/C29H24ClNO4/c30-22-15-16-27(25(17-22)29(34)21-11-5-2-6-12-21)35-19-23(32)18-31-26-14-8-7-13-24(26)28(33)20-9-3-1-4-10-20/h1-17,23,31-32H,18-19H2/t23-/m0/s1. The number of ketones is 2. The molecule has 0 amide bonds. The van der Waals surface area contributed by atoms with E-state index in [-0.39, 0.29) is 24.7 Å². The smallest absolute Gasteiger partial charge is 0.196 e. The van der Waals surface area contributed by atoms with Crippen LogP contribution in [0.4, 0.5) is 5.69 Å². The van der Waals surface area contributed by atoms with Crippen molar-refractivity contribution in [1.82, 2.24) is 0 Å². The predicted molar refractivity (Wildman–Crippen MR) is 138 cm³/mol. The number of rotatable bonds is 10. The number of para-hydroxylation sites is 1. The lowest BCUT2D eigenvalue weighted by Gasteiger charge is -2.17. The summed E-state index contributed by atoms with van der Waals surface area (Å²) in [4.78, 5) is 25.8. The Bertz CT molecular complexity index is 1310. The van der Waals surface area contributed by atoms with Gasteiger partial charge in [-0.05, 0) is 30.3 Å². The minimum atomic E-state index is -0.898. The first kappa shape index (κ1) is 24.2. The maximum absolute atomic E-state index is 12.9. The van der Waals surface area contributed by atoms with Gasteiger partial charge >= 0.3 is 0 Å². The van der Waals surface area contributed by atoms with E-state index in [1.807, 2.05) is 30.3 Å². The van der Waals surface area contributed by atoms with Crippen LogP contribution in [-0.4, -0.2) is 35.9 Å². The van der Waals surface area contributed by atoms with Crippen LogP contribution in [0.1, 0.15) is 31.8 Å². The van der Waals surface area contributed by atoms with Gasteiger partial charge < -0.3 is 15.2 Å². The second-order valence-electron chi connectivity index (χ2n) is 7.92. The van der Waals surface area contributed by atoms with E-state index < -0.39 is 6.10 Å². The normalized spacial score (nSPS) is 11.5. The fourth-order valence-electron chi connectivity index (χ4n) is 3.60. The number of ether oxygens (including phenoxy) is 1. The molecule has 176 valence electrons. The molecular weight excluding hydrogens is 462 g/mol. The van der Waals surface area contributed by atoms with Gasteiger partial charge in [-0.25, -0.2) is 0 Å². The van der Waals surface area contributed by atoms with Gasteiger partial charge in [0.15, 0.2) is 11.6 Å². The summed E-state index contributed by atoms with van der Waals surface area (Å²) in [5, 5.41) is 14.1. The zero-order valence-corrected chi connectivity index (χ0v) is 19.6. The van der Waals surface area contributed by atoms with Gasteiger partial charge in [0.05, 0.1) is 5.56 Å². The molecule has 2 N–H and O–H groups in total. The van der Waals surface area contributed by atoms with Gasteiger partial charge in [0, 0.05) is 33.9 Å². The van der Waals surface area contributed by atoms with E-state index in [2.05, 4.69) is 5.32 Å². The number of carbonyl (C=O) groups excluding carboxylic acids is 2. The average molecular weight is 486 g/mol. The lowest BCUT2D eigenvalue weighted by atomic mass is 10.0. The molecule has 0 aliphatic heterocycles. The molecule has 0 radical (unpaired) electrons. The van der Waals surface area contributed by atoms with Gasteiger partial charge in [0.2, 0.25) is 0 Å². The van der Waals surface area contributed by atoms with E-state index in [1.165, 1.54) is 0 Å². The fraction of sp³-hybridized carbons (Fsp3) is 0.103. The van der Waals surface area contributed by atoms with Gasteiger partial charge in [-0.15, -0.1) is 0 Å². The molecule has 0 heterocycles. The number of anilines is 1. The Balaban J connectivity index is 1.41. The Hall–Kier alpha value is -3.93. The summed E-state index contributed by atoms with van der Waals surface area (Å²) in [6, 6.07) is 29.8. The van der Waals surface area contributed by atoms with Crippen molar-refractivity contribution in [2.45, 2.75) is 6.10 Å². The monoisotopic (exact) mass is 485 g/mol. The van der Waals surface area contributed by atoms with Crippen LogP contribution in [0.5, 0.6) is 5.75 Å². The lowest BCUT2D eigenvalue weighted by Crippen LogP contribution is -2.27. The molecule has 0 saturated carbocycles. The third-order valence-corrected chi connectivity index (χ3v) is 5.62. The van der Waals surface area contributed by atoms with E-state index >= 15 is 0 Å². The van der Waals surface area contributed by atoms with Crippen molar-refractivity contribution >= 4 is 28.9 Å². The topological polar surface area (TPSA) is 75.6 Å². The zero-order valence-electron chi connectivity index (χ0n) is 18.9. The van der Waals surface area contributed by atoms with Crippen molar-refractivity contribution in [2.75, 3.05) is 18.5 Å². The highest BCUT2D eigenvalue weighted by Crippen LogP contribution is 2.26. The Labute approximate surface area is 209 Å². The van der Waals surface area contributed by atoms with Gasteiger partial charge in [-0.3, -0.25) is 9.59 Å². The van der Waals surface area contributed by atoms with Crippen molar-refractivity contribution < 1.29 is 19.4 Å². The van der Waals surface area contributed by atoms with Crippen molar-refractivity contribution in [2.24, 2.45) is 0 Å². The summed E-state index contributed by atoms with van der Waals surface area (Å²) in [5.74, 6) is 0.00990. The molecule has 4 rings (SSSR count). The molecule has 0 spiro atoms. The van der Waals surface area contributed by atoms with Crippen LogP contribution in [-0.2, 0) is 0 Å². The fourth-order valence-corrected chi connectivity index (χ4v) is 3.78. The molecule has 0 bridgehead atoms. The summed E-state index contributed by atoms with van der Waals surface area (Å²) in [6.45, 7) is 0.0904. The number of benzene rings is 4. The molecule has 35 heavy (non-hydrogen) atoms. The Morgan fingerprint density at radius 2 is 1.34 bits per heavy atom. The quantitative estimate of drug-likeness (QED) is 0.284. The number of aliphatic hydroxyl groups excluding tert-OH is 1. The molecule has 0 aliphatic carbocycles. The lowest BCUT2D eigenvalue weighted by molar-refractivity contribution is 0.101. The third-order valence-electron chi connectivity index (χ3n) is 5.39. The molecule has 4 aromatic carbocycles. The number of hydrogen-bond donors (Lipinski definition) is 2. The second kappa shape index (κ2) is 11.5. The minimum Gasteiger partial charge on any atom is -0.490 e. The summed E-state index contributed by atoms with van der Waals surface area (Å²) in [7, 11) is 0. The Morgan fingerprint density at radius 1 is 0.771 bits per heavy atom. The van der Waals surface area contributed by atoms with Crippen LogP contribution in [0.2, 0.25) is 5.02 Å². The van der Waals surface area contributed by atoms with E-state index in [4.69, 9.17) is 16.3 Å². The first-order valence-electron chi connectivity index (χ1n) is 11.2. The van der Waals surface area contributed by atoms with Crippen LogP contribution in [0.25, 0.3) is 0 Å². The molecule has 0 fully saturated rings. The maximum atomic E-state index is 12.9. The number of aliphatic hydroxyl groups is 1. The number of carbonyl (C=O) groups is 2. The minimum absolute atomic E-state index is 0.0570. The molecule has 0 saturated heterocycles. The SMILES string of the molecule is O=C(c1ccccc1)c1ccccc1NC[C@H](O)COc1ccc(Cl)cc1C(=O)c1ccccc1. The molecule has 0 aromatic heterocycles. The largest absolute Gasteiger partial charge is 0.490 e. The Kier molecular flexibility index (Phi) is 7.93. The number of nitrogens with one attached hydrogen (secondary N) is 1. The van der Waals surface area contributed by atoms with Gasteiger partial charge in [0.25, 0.3) is 0 Å². The average Bonchev–Trinajstić information content (AvgIpc) is 2.91. The van der Waals surface area contributed by atoms with Crippen molar-refractivity contribution in [3.05, 3.63) is 130 Å². The molecule has 5 nitrogen and oxygen atoms in total. The van der Waals surface area contributed by atoms with E-state index in [1.54, 1.807) is 72.8 Å². The van der Waals surface area contributed by atoms with E-state index in [0.717, 1.165) is 0 Å². The van der Waals surface area contributed by atoms with Gasteiger partial charge in [0.1, 0.15) is 18.5 Å². The molecule has 0 aliphatic rings. The number of halogens is 1. The summed E-state index contributed by atoms with van der Waals surface area (Å²) in [5.41, 5.74) is 2.56. The summed E-state index contributed by atoms with van der Waals surface area (Å²) < 4.78 is 5.80. The summed E-state index contributed by atoms with van der Waals surface area (Å²) >= 11 is 6.12. The third kappa shape index (κ3) is 6.15. The van der Waals surface area contributed by atoms with E-state index in [0.29, 0.717) is 38.7 Å². The first-order valence-corrected chi connectivity index (χ1v) is 11.5. The highest BCUT2D eigenvalue weighted by atomic mass is 35.5. The molecule has 0 unspecified atom stereocenters. The molecule has 4 aromatic rings. The Morgan fingerprint density at radius 3 is 2.00 bits per heavy atom. The molecular formula is C29H24ClNO4. The van der Waals surface area contributed by atoms with Crippen molar-refractivity contribution in [3.63, 3.8) is 0 Å². The van der Waals surface area contributed by atoms with E-state index in [9.17, 15) is 14.7 Å². The van der Waals surface area contributed by atoms with Crippen molar-refractivity contribution in [3.8, 4) is 5.75 Å². The van der Waals surface area contributed by atoms with Crippen LogP contribution in [0, 0.1) is 0 Å². The molecule has 6 heteroatoms. The second-order valence-corrected chi connectivity index (χ2v) is 8.36. The highest BCUT2D eigenvalue weighted by molar-refractivity contribution is 6.31. The highest BCUT2D eigenvalue weighted by Gasteiger charge is 2.17. The zero-order chi connectivity index (χ0) is 24.6. The van der Waals surface area contributed by atoms with Crippen LogP contribution in [0.15, 0.2) is 103 Å². The summed E-state index contributed by atoms with van der Waals surface area (Å²) in [6.07, 6.45) is -0.898. The first-order chi connectivity index (χ1) is 17.0. The maximum Gasteiger partial charge on any atom is 0.196 e. The van der Waals surface area contributed by atoms with Gasteiger partial charge in [-0.2, -0.15) is 0 Å². The van der Waals surface area contributed by atoms with Crippen LogP contribution in [0.3, 0.4) is 0 Å². The number of hydrogen-bond acceptors (Lipinski definition) is 5. The van der Waals surface area contributed by atoms with Crippen LogP contribution >= 0.6 is 11.6 Å². The molecule has 1 atom stereocenters. The van der Waals surface area contributed by atoms with Gasteiger partial charge in [-0.1, -0.05) is 84.4 Å². The van der Waals surface area contributed by atoms with Crippen LogP contribution < -0.4 is 10.1 Å².